The fraction of sp³-hybridized carbons (Fsp3) is 0.737. The van der Waals surface area contributed by atoms with Crippen LogP contribution in [0, 0.1) is 28.1 Å². The second kappa shape index (κ2) is 3.85. The Morgan fingerprint density at radius 1 is 1.21 bits per heavy atom. The molecule has 4 bridgehead atoms. The molecule has 6 atom stereocenters. The maximum Gasteiger partial charge on any atom is 0.339 e. The summed E-state index contributed by atoms with van der Waals surface area (Å²) in [6, 6.07) is 0. The number of allylic oxidation sites excluding steroid dienone is 1. The molecule has 0 N–H and O–H groups in total. The average Bonchev–Trinajstić information content (AvgIpc) is 2.76. The van der Waals surface area contributed by atoms with E-state index in [9.17, 15) is 14.4 Å². The van der Waals surface area contributed by atoms with Gasteiger partial charge in [0, 0.05) is 11.3 Å². The van der Waals surface area contributed by atoms with Gasteiger partial charge >= 0.3 is 5.97 Å². The minimum atomic E-state index is -1.26. The first-order chi connectivity index (χ1) is 11.2. The fourth-order valence-corrected chi connectivity index (χ4v) is 6.60. The number of Topliss-reactive ketones (excluding diaryl/α,β-unsaturated/α-hetero) is 1. The summed E-state index contributed by atoms with van der Waals surface area (Å²) in [6.07, 6.45) is 4.88. The Bertz CT molecular complexity index is 736. The largest absolute Gasteiger partial charge is 0.462 e. The quantitative estimate of drug-likeness (QED) is 0.634. The fourth-order valence-electron chi connectivity index (χ4n) is 6.60. The molecular weight excluding hydrogens is 308 g/mol. The summed E-state index contributed by atoms with van der Waals surface area (Å²) in [7, 11) is 0. The highest BCUT2D eigenvalue weighted by molar-refractivity contribution is 6.09. The van der Waals surface area contributed by atoms with Crippen molar-refractivity contribution in [3.63, 3.8) is 0 Å². The van der Waals surface area contributed by atoms with Gasteiger partial charge in [0.15, 0.2) is 11.4 Å². The molecule has 5 nitrogen and oxygen atoms in total. The Morgan fingerprint density at radius 2 is 1.96 bits per heavy atom. The molecular formula is C19H22O5. The van der Waals surface area contributed by atoms with Gasteiger partial charge in [-0.1, -0.05) is 26.8 Å². The molecule has 5 fully saturated rings. The van der Waals surface area contributed by atoms with Gasteiger partial charge in [0.2, 0.25) is 0 Å². The summed E-state index contributed by atoms with van der Waals surface area (Å²) in [5.41, 5.74) is -3.80. The highest BCUT2D eigenvalue weighted by Gasteiger charge is 2.88. The first kappa shape index (κ1) is 14.8. The van der Waals surface area contributed by atoms with Crippen molar-refractivity contribution in [1.82, 2.24) is 0 Å². The maximum absolute atomic E-state index is 13.5. The standard InChI is InChI=1S/C19H22O5/c1-10-11-4-7-18(13(10)21)17-9-23-15(22)19(18,8-11)24-14(17)16(2,3)6-5-12(17)20/h5-6,10-11,14H,4,7-9H2,1-3H3/t10?,11?,14-,17-,18?,19-/m0/s1. The normalized spacial score (nSPS) is 53.6. The van der Waals surface area contributed by atoms with Gasteiger partial charge in [-0.15, -0.1) is 0 Å². The number of carbonyl (C=O) groups excluding carboxylic acids is 3. The number of esters is 1. The van der Waals surface area contributed by atoms with E-state index >= 15 is 0 Å². The molecule has 3 unspecified atom stereocenters. The molecule has 0 radical (unpaired) electrons. The monoisotopic (exact) mass is 330 g/mol. The van der Waals surface area contributed by atoms with Crippen molar-refractivity contribution in [3.8, 4) is 0 Å². The molecule has 5 heteroatoms. The van der Waals surface area contributed by atoms with Crippen LogP contribution in [0.2, 0.25) is 0 Å². The smallest absolute Gasteiger partial charge is 0.339 e. The van der Waals surface area contributed by atoms with Gasteiger partial charge in [0.1, 0.15) is 17.8 Å². The van der Waals surface area contributed by atoms with Gasteiger partial charge < -0.3 is 9.47 Å². The van der Waals surface area contributed by atoms with Crippen molar-refractivity contribution in [2.24, 2.45) is 28.1 Å². The molecule has 2 spiro atoms. The maximum atomic E-state index is 13.5. The van der Waals surface area contributed by atoms with E-state index in [-0.39, 0.29) is 30.0 Å². The molecule has 3 saturated carbocycles. The van der Waals surface area contributed by atoms with Crippen LogP contribution in [0.1, 0.15) is 40.0 Å². The molecule has 128 valence electrons. The summed E-state index contributed by atoms with van der Waals surface area (Å²) in [6.45, 7) is 5.92. The second-order valence-electron chi connectivity index (χ2n) is 8.95. The van der Waals surface area contributed by atoms with Crippen LogP contribution in [-0.4, -0.2) is 35.8 Å². The highest BCUT2D eigenvalue weighted by Crippen LogP contribution is 2.75. The van der Waals surface area contributed by atoms with Gasteiger partial charge in [-0.2, -0.15) is 0 Å². The Morgan fingerprint density at radius 3 is 2.71 bits per heavy atom. The molecule has 4 aliphatic carbocycles. The van der Waals surface area contributed by atoms with Crippen molar-refractivity contribution in [1.29, 1.82) is 0 Å². The summed E-state index contributed by atoms with van der Waals surface area (Å²) in [5.74, 6) is -0.492. The average molecular weight is 330 g/mol. The number of rotatable bonds is 0. The van der Waals surface area contributed by atoms with Crippen LogP contribution in [0.4, 0.5) is 0 Å². The van der Waals surface area contributed by atoms with Crippen molar-refractivity contribution < 1.29 is 23.9 Å². The number of carbonyl (C=O) groups is 3. The minimum absolute atomic E-state index is 0.0338. The molecule has 24 heavy (non-hydrogen) atoms. The SMILES string of the molecule is CC1C(=O)C23CCC1C[C@@]21O[C@H]2C(C)(C)C=CC(=O)[C@@]23COC1=O. The number of hydrogen-bond donors (Lipinski definition) is 0. The lowest BCUT2D eigenvalue weighted by Crippen LogP contribution is -2.75. The number of cyclic esters (lactones) is 1. The highest BCUT2D eigenvalue weighted by atomic mass is 16.6. The predicted molar refractivity (Wildman–Crippen MR) is 82.9 cm³/mol. The van der Waals surface area contributed by atoms with E-state index in [1.807, 2.05) is 26.8 Å². The van der Waals surface area contributed by atoms with E-state index in [2.05, 4.69) is 0 Å². The van der Waals surface area contributed by atoms with Gasteiger partial charge in [0.25, 0.3) is 0 Å². The number of fused-ring (bicyclic) bond motifs is 2. The third-order valence-corrected chi connectivity index (χ3v) is 7.74. The zero-order valence-corrected chi connectivity index (χ0v) is 14.3. The van der Waals surface area contributed by atoms with E-state index in [0.717, 1.165) is 6.42 Å². The van der Waals surface area contributed by atoms with E-state index < -0.39 is 33.9 Å². The van der Waals surface area contributed by atoms with E-state index in [4.69, 9.17) is 9.47 Å². The summed E-state index contributed by atoms with van der Waals surface area (Å²) in [5, 5.41) is 0. The van der Waals surface area contributed by atoms with Crippen LogP contribution in [0.15, 0.2) is 12.2 Å². The van der Waals surface area contributed by atoms with Crippen molar-refractivity contribution in [2.75, 3.05) is 6.61 Å². The van der Waals surface area contributed by atoms with Gasteiger partial charge in [0.05, 0.1) is 11.5 Å². The number of ether oxygens (including phenoxy) is 2. The third-order valence-electron chi connectivity index (χ3n) is 7.74. The van der Waals surface area contributed by atoms with Crippen LogP contribution >= 0.6 is 0 Å². The molecule has 6 rings (SSSR count). The van der Waals surface area contributed by atoms with Gasteiger partial charge in [-0.25, -0.2) is 4.79 Å². The first-order valence-electron chi connectivity index (χ1n) is 8.86. The molecule has 2 saturated heterocycles. The Kier molecular flexibility index (Phi) is 2.37. The number of ketones is 2. The Hall–Kier alpha value is -1.49. The molecule has 2 heterocycles. The van der Waals surface area contributed by atoms with Crippen LogP contribution < -0.4 is 0 Å². The Labute approximate surface area is 140 Å². The lowest BCUT2D eigenvalue weighted by Gasteiger charge is -2.61. The van der Waals surface area contributed by atoms with Crippen LogP contribution in [0.25, 0.3) is 0 Å². The molecule has 6 aliphatic rings. The molecule has 0 aromatic heterocycles. The molecule has 0 amide bonds. The summed E-state index contributed by atoms with van der Waals surface area (Å²) >= 11 is 0. The first-order valence-corrected chi connectivity index (χ1v) is 8.86. The van der Waals surface area contributed by atoms with Gasteiger partial charge in [-0.05, 0) is 31.3 Å². The number of hydrogen-bond acceptors (Lipinski definition) is 5. The third kappa shape index (κ3) is 1.15. The second-order valence-corrected chi connectivity index (χ2v) is 8.95. The van der Waals surface area contributed by atoms with Crippen molar-refractivity contribution >= 4 is 17.5 Å². The zero-order chi connectivity index (χ0) is 17.1. The lowest BCUT2D eigenvalue weighted by atomic mass is 9.38. The van der Waals surface area contributed by atoms with E-state index in [1.54, 1.807) is 6.08 Å². The van der Waals surface area contributed by atoms with Crippen LogP contribution in [-0.2, 0) is 23.9 Å². The predicted octanol–water partition coefficient (Wildman–Crippen LogP) is 1.84. The Balaban J connectivity index is 1.87. The van der Waals surface area contributed by atoms with Crippen LogP contribution in [0.3, 0.4) is 0 Å². The van der Waals surface area contributed by atoms with E-state index in [0.29, 0.717) is 12.8 Å². The summed E-state index contributed by atoms with van der Waals surface area (Å²) in [4.78, 5) is 39.5. The van der Waals surface area contributed by atoms with Crippen molar-refractivity contribution in [3.05, 3.63) is 12.2 Å². The molecule has 0 aromatic rings. The zero-order valence-electron chi connectivity index (χ0n) is 14.3. The van der Waals surface area contributed by atoms with Crippen molar-refractivity contribution in [2.45, 2.75) is 51.7 Å². The van der Waals surface area contributed by atoms with Gasteiger partial charge in [-0.3, -0.25) is 9.59 Å². The van der Waals surface area contributed by atoms with E-state index in [1.165, 1.54) is 0 Å². The minimum Gasteiger partial charge on any atom is -0.462 e. The topological polar surface area (TPSA) is 69.7 Å². The molecule has 2 aliphatic heterocycles. The molecule has 0 aromatic carbocycles. The summed E-state index contributed by atoms with van der Waals surface area (Å²) < 4.78 is 12.0. The van der Waals surface area contributed by atoms with Crippen LogP contribution in [0.5, 0.6) is 0 Å². The lowest BCUT2D eigenvalue weighted by molar-refractivity contribution is -0.222.